The van der Waals surface area contributed by atoms with Gasteiger partial charge in [0.2, 0.25) is 15.9 Å². The molecule has 7 heteroatoms. The summed E-state index contributed by atoms with van der Waals surface area (Å²) >= 11 is 0. The molecule has 2 aromatic rings. The van der Waals surface area contributed by atoms with Gasteiger partial charge in [-0.3, -0.25) is 4.79 Å². The number of furan rings is 1. The van der Waals surface area contributed by atoms with Crippen LogP contribution in [0.25, 0.3) is 6.08 Å². The lowest BCUT2D eigenvalue weighted by atomic mass is 10.0. The molecule has 6 nitrogen and oxygen atoms in total. The van der Waals surface area contributed by atoms with Crippen molar-refractivity contribution in [3.05, 3.63) is 60.1 Å². The minimum Gasteiger partial charge on any atom is -0.468 e. The topological polar surface area (TPSA) is 88.4 Å². The Hall–Kier alpha value is -2.38. The Balaban J connectivity index is 1.98. The normalized spacial score (nSPS) is 12.4. The molecule has 0 aliphatic heterocycles. The van der Waals surface area contributed by atoms with Crippen LogP contribution in [0.1, 0.15) is 38.5 Å². The van der Waals surface area contributed by atoms with E-state index in [2.05, 4.69) is 10.0 Å². The minimum absolute atomic E-state index is 0.0877. The van der Waals surface area contributed by atoms with Crippen molar-refractivity contribution in [2.45, 2.75) is 44.2 Å². The molecule has 0 bridgehead atoms. The van der Waals surface area contributed by atoms with E-state index in [4.69, 9.17) is 4.42 Å². The quantitative estimate of drug-likeness (QED) is 0.693. The number of benzene rings is 1. The number of carbonyl (C=O) groups excluding carboxylic acids is 1. The van der Waals surface area contributed by atoms with Gasteiger partial charge in [0, 0.05) is 11.6 Å². The zero-order chi connectivity index (χ0) is 19.2. The van der Waals surface area contributed by atoms with Crippen LogP contribution < -0.4 is 10.0 Å². The second-order valence-electron chi connectivity index (χ2n) is 6.53. The van der Waals surface area contributed by atoms with Gasteiger partial charge in [0.1, 0.15) is 5.76 Å². The molecule has 0 unspecified atom stereocenters. The molecule has 0 atom stereocenters. The van der Waals surface area contributed by atoms with E-state index >= 15 is 0 Å². The molecule has 2 N–H and O–H groups in total. The lowest BCUT2D eigenvalue weighted by molar-refractivity contribution is -0.118. The van der Waals surface area contributed by atoms with Crippen LogP contribution in [0.15, 0.2) is 58.1 Å². The third-order valence-corrected chi connectivity index (χ3v) is 5.40. The fourth-order valence-electron chi connectivity index (χ4n) is 2.06. The SMILES string of the molecule is CCC(C)(C)NC(=O)/C=C/c1ccc(S(=O)(=O)NCc2ccco2)cc1. The highest BCUT2D eigenvalue weighted by Crippen LogP contribution is 2.13. The maximum absolute atomic E-state index is 12.3. The highest BCUT2D eigenvalue weighted by molar-refractivity contribution is 7.89. The number of sulfonamides is 1. The van der Waals surface area contributed by atoms with Crippen LogP contribution in [0.5, 0.6) is 0 Å². The Morgan fingerprint density at radius 1 is 1.19 bits per heavy atom. The third kappa shape index (κ3) is 5.86. The summed E-state index contributed by atoms with van der Waals surface area (Å²) < 4.78 is 32.1. The summed E-state index contributed by atoms with van der Waals surface area (Å²) in [5.41, 5.74) is 0.471. The molecule has 26 heavy (non-hydrogen) atoms. The van der Waals surface area contributed by atoms with E-state index in [1.165, 1.54) is 24.5 Å². The van der Waals surface area contributed by atoms with Crippen molar-refractivity contribution >= 4 is 22.0 Å². The van der Waals surface area contributed by atoms with Crippen molar-refractivity contribution in [3.63, 3.8) is 0 Å². The number of nitrogens with one attached hydrogen (secondary N) is 2. The van der Waals surface area contributed by atoms with Crippen molar-refractivity contribution in [3.8, 4) is 0 Å². The van der Waals surface area contributed by atoms with Crippen molar-refractivity contribution < 1.29 is 17.6 Å². The summed E-state index contributed by atoms with van der Waals surface area (Å²) in [6.45, 7) is 6.00. The molecule has 0 aliphatic rings. The molecule has 0 saturated heterocycles. The van der Waals surface area contributed by atoms with Crippen molar-refractivity contribution in [2.24, 2.45) is 0 Å². The summed E-state index contributed by atoms with van der Waals surface area (Å²) in [6, 6.07) is 9.69. The molecule has 1 aromatic heterocycles. The standard InChI is InChI=1S/C19H24N2O4S/c1-4-19(2,3)21-18(22)12-9-15-7-10-17(11-8-15)26(23,24)20-14-16-6-5-13-25-16/h5-13,20H,4,14H2,1-3H3,(H,21,22)/b12-9+. The fraction of sp³-hybridized carbons (Fsp3) is 0.316. The molecule has 1 heterocycles. The van der Waals surface area contributed by atoms with Gasteiger partial charge in [-0.25, -0.2) is 13.1 Å². The highest BCUT2D eigenvalue weighted by Gasteiger charge is 2.16. The van der Waals surface area contributed by atoms with Gasteiger partial charge in [0.05, 0.1) is 17.7 Å². The van der Waals surface area contributed by atoms with Crippen LogP contribution in [0.2, 0.25) is 0 Å². The van der Waals surface area contributed by atoms with Gasteiger partial charge in [-0.05, 0) is 56.2 Å². The first-order chi connectivity index (χ1) is 12.2. The van der Waals surface area contributed by atoms with Crippen LogP contribution in [0, 0.1) is 0 Å². The molecule has 0 fully saturated rings. The molecule has 1 amide bonds. The predicted molar refractivity (Wildman–Crippen MR) is 101 cm³/mol. The monoisotopic (exact) mass is 376 g/mol. The number of hydrogen-bond donors (Lipinski definition) is 2. The van der Waals surface area contributed by atoms with Crippen LogP contribution in [-0.4, -0.2) is 19.9 Å². The van der Waals surface area contributed by atoms with Gasteiger partial charge in [-0.1, -0.05) is 19.1 Å². The predicted octanol–water partition coefficient (Wildman–Crippen LogP) is 3.08. The van der Waals surface area contributed by atoms with Crippen LogP contribution in [0.4, 0.5) is 0 Å². The zero-order valence-electron chi connectivity index (χ0n) is 15.2. The number of carbonyl (C=O) groups is 1. The average Bonchev–Trinajstić information content (AvgIpc) is 3.12. The summed E-state index contributed by atoms with van der Waals surface area (Å²) in [6.07, 6.45) is 5.40. The lowest BCUT2D eigenvalue weighted by Gasteiger charge is -2.23. The van der Waals surface area contributed by atoms with Crippen molar-refractivity contribution in [2.75, 3.05) is 0 Å². The first-order valence-electron chi connectivity index (χ1n) is 8.34. The molecular formula is C19H24N2O4S. The van der Waals surface area contributed by atoms with Crippen molar-refractivity contribution in [1.82, 2.24) is 10.0 Å². The van der Waals surface area contributed by atoms with E-state index in [0.717, 1.165) is 12.0 Å². The second kappa shape index (κ2) is 8.33. The van der Waals surface area contributed by atoms with Crippen molar-refractivity contribution in [1.29, 1.82) is 0 Å². The second-order valence-corrected chi connectivity index (χ2v) is 8.30. The van der Waals surface area contributed by atoms with E-state index in [9.17, 15) is 13.2 Å². The summed E-state index contributed by atoms with van der Waals surface area (Å²) in [5.74, 6) is 0.350. The summed E-state index contributed by atoms with van der Waals surface area (Å²) in [4.78, 5) is 12.1. The Morgan fingerprint density at radius 2 is 1.88 bits per heavy atom. The van der Waals surface area contributed by atoms with Crippen LogP contribution in [-0.2, 0) is 21.4 Å². The van der Waals surface area contributed by atoms with Gasteiger partial charge in [0.25, 0.3) is 0 Å². The van der Waals surface area contributed by atoms with Gasteiger partial charge in [-0.15, -0.1) is 0 Å². The molecule has 0 saturated carbocycles. The van der Waals surface area contributed by atoms with Gasteiger partial charge < -0.3 is 9.73 Å². The molecule has 0 aliphatic carbocycles. The van der Waals surface area contributed by atoms with Gasteiger partial charge >= 0.3 is 0 Å². The number of amides is 1. The Labute approximate surface area is 154 Å². The lowest BCUT2D eigenvalue weighted by Crippen LogP contribution is -2.41. The fourth-order valence-corrected chi connectivity index (χ4v) is 3.05. The molecule has 1 aromatic carbocycles. The number of rotatable bonds is 8. The Morgan fingerprint density at radius 3 is 2.46 bits per heavy atom. The zero-order valence-corrected chi connectivity index (χ0v) is 16.0. The molecule has 0 radical (unpaired) electrons. The average molecular weight is 376 g/mol. The molecule has 140 valence electrons. The first kappa shape index (κ1) is 19.9. The van der Waals surface area contributed by atoms with E-state index < -0.39 is 10.0 Å². The third-order valence-electron chi connectivity index (χ3n) is 3.98. The first-order valence-corrected chi connectivity index (χ1v) is 9.82. The van der Waals surface area contributed by atoms with Gasteiger partial charge in [0.15, 0.2) is 0 Å². The van der Waals surface area contributed by atoms with E-state index in [1.54, 1.807) is 30.3 Å². The summed E-state index contributed by atoms with van der Waals surface area (Å²) in [7, 11) is -3.63. The van der Waals surface area contributed by atoms with E-state index in [1.807, 2.05) is 20.8 Å². The minimum atomic E-state index is -3.63. The maximum atomic E-state index is 12.3. The smallest absolute Gasteiger partial charge is 0.244 e. The molecule has 0 spiro atoms. The Kier molecular flexibility index (Phi) is 6.39. The maximum Gasteiger partial charge on any atom is 0.244 e. The summed E-state index contributed by atoms with van der Waals surface area (Å²) in [5, 5.41) is 2.90. The Bertz CT molecular complexity index is 851. The molecular weight excluding hydrogens is 352 g/mol. The van der Waals surface area contributed by atoms with E-state index in [0.29, 0.717) is 5.76 Å². The highest BCUT2D eigenvalue weighted by atomic mass is 32.2. The number of hydrogen-bond acceptors (Lipinski definition) is 4. The van der Waals surface area contributed by atoms with Gasteiger partial charge in [-0.2, -0.15) is 0 Å². The van der Waals surface area contributed by atoms with Crippen LogP contribution in [0.3, 0.4) is 0 Å². The van der Waals surface area contributed by atoms with Crippen LogP contribution >= 0.6 is 0 Å². The molecule has 2 rings (SSSR count). The van der Waals surface area contributed by atoms with E-state index in [-0.39, 0.29) is 22.9 Å². The largest absolute Gasteiger partial charge is 0.468 e.